The van der Waals surface area contributed by atoms with Crippen LogP contribution in [0.5, 0.6) is 17.2 Å². The van der Waals surface area contributed by atoms with Gasteiger partial charge in [0.15, 0.2) is 0 Å². The monoisotopic (exact) mass is 560 g/mol. The molecular formula is C29H36O9S. The van der Waals surface area contributed by atoms with Crippen LogP contribution < -0.4 is 14.2 Å². The standard InChI is InChI=1S/C29H32O7S.2H2O/c1-19-12-25(34-10-5-11-37(3,32)33)13-20(2)29(19)22-7-4-6-21(14-22)17-35-24-8-9-26-23(15-28(30)31)18-36-27(26)16-24;;/h4,6-9,12-14,16,23H,5,10-11,15,17-18H2,1-3H3,(H,30,31);2*1H2/t23-;;/m1../s1. The lowest BCUT2D eigenvalue weighted by Gasteiger charge is -2.15. The predicted octanol–water partition coefficient (Wildman–Crippen LogP) is 3.66. The van der Waals surface area contributed by atoms with Crippen LogP contribution in [-0.2, 0) is 21.2 Å². The first kappa shape index (κ1) is 31.6. The predicted molar refractivity (Wildman–Crippen MR) is 150 cm³/mol. The van der Waals surface area contributed by atoms with Crippen LogP contribution in [0.3, 0.4) is 0 Å². The van der Waals surface area contributed by atoms with Crippen molar-refractivity contribution >= 4 is 15.8 Å². The molecule has 1 atom stereocenters. The Morgan fingerprint density at radius 2 is 1.72 bits per heavy atom. The highest BCUT2D eigenvalue weighted by molar-refractivity contribution is 7.90. The number of sulfone groups is 1. The Kier molecular flexibility index (Phi) is 10.9. The van der Waals surface area contributed by atoms with E-state index in [-0.39, 0.29) is 29.0 Å². The van der Waals surface area contributed by atoms with Crippen molar-refractivity contribution in [2.24, 2.45) is 0 Å². The average Bonchev–Trinajstić information content (AvgIpc) is 3.21. The second kappa shape index (κ2) is 13.5. The highest BCUT2D eigenvalue weighted by Crippen LogP contribution is 2.38. The molecule has 212 valence electrons. The molecule has 5 N–H and O–H groups in total. The Morgan fingerprint density at radius 1 is 1.00 bits per heavy atom. The Morgan fingerprint density at radius 3 is 2.38 bits per heavy atom. The topological polar surface area (TPSA) is 162 Å². The largest absolute Gasteiger partial charge is 0.494 e. The van der Waals surface area contributed by atoms with Gasteiger partial charge in [-0.25, -0.2) is 8.42 Å². The van der Waals surface area contributed by atoms with Crippen molar-refractivity contribution in [3.05, 3.63) is 76.9 Å². The number of carbonyl (C=O) groups is 1. The van der Waals surface area contributed by atoms with Crippen molar-refractivity contribution in [2.45, 2.75) is 39.2 Å². The van der Waals surface area contributed by atoms with Gasteiger partial charge in [-0.15, -0.1) is 0 Å². The number of aryl methyl sites for hydroxylation is 2. The van der Waals surface area contributed by atoms with Crippen molar-refractivity contribution in [3.8, 4) is 28.4 Å². The maximum absolute atomic E-state index is 11.3. The van der Waals surface area contributed by atoms with Gasteiger partial charge in [0.25, 0.3) is 0 Å². The number of ether oxygens (including phenoxy) is 3. The molecule has 0 fully saturated rings. The molecule has 4 rings (SSSR count). The average molecular weight is 561 g/mol. The highest BCUT2D eigenvalue weighted by Gasteiger charge is 2.26. The number of carboxylic acid groups (broad SMARTS) is 1. The lowest BCUT2D eigenvalue weighted by Crippen LogP contribution is -2.08. The van der Waals surface area contributed by atoms with E-state index in [9.17, 15) is 13.2 Å². The first-order chi connectivity index (χ1) is 17.6. The molecule has 3 aromatic rings. The van der Waals surface area contributed by atoms with Crippen molar-refractivity contribution in [2.75, 3.05) is 25.2 Å². The van der Waals surface area contributed by atoms with E-state index in [4.69, 9.17) is 19.3 Å². The van der Waals surface area contributed by atoms with Gasteiger partial charge in [-0.05, 0) is 72.4 Å². The minimum atomic E-state index is -2.99. The molecule has 0 radical (unpaired) electrons. The van der Waals surface area contributed by atoms with E-state index in [1.807, 2.05) is 56.3 Å². The molecule has 0 bridgehead atoms. The van der Waals surface area contributed by atoms with Gasteiger partial charge in [-0.2, -0.15) is 0 Å². The van der Waals surface area contributed by atoms with Gasteiger partial charge >= 0.3 is 5.97 Å². The van der Waals surface area contributed by atoms with Crippen LogP contribution >= 0.6 is 0 Å². The lowest BCUT2D eigenvalue weighted by atomic mass is 9.94. The summed E-state index contributed by atoms with van der Waals surface area (Å²) in [7, 11) is -2.99. The summed E-state index contributed by atoms with van der Waals surface area (Å²) in [6.45, 7) is 5.18. The SMILES string of the molecule is Cc1cc(OCCCS(C)(=O)=O)cc(C)c1-c1cccc(COc2ccc3c(c2)OC[C@H]3CC(=O)O)c1.O.O. The maximum Gasteiger partial charge on any atom is 0.304 e. The number of carboxylic acids is 1. The maximum atomic E-state index is 11.3. The van der Waals surface area contributed by atoms with Crippen LogP contribution in [0, 0.1) is 13.8 Å². The second-order valence-electron chi connectivity index (χ2n) is 9.56. The molecule has 10 heteroatoms. The quantitative estimate of drug-likeness (QED) is 0.350. The minimum absolute atomic E-state index is 0. The van der Waals surface area contributed by atoms with Crippen molar-refractivity contribution < 1.29 is 43.5 Å². The third kappa shape index (κ3) is 8.44. The zero-order valence-electron chi connectivity index (χ0n) is 22.3. The van der Waals surface area contributed by atoms with E-state index in [1.165, 1.54) is 6.26 Å². The molecule has 0 amide bonds. The molecule has 1 aliphatic heterocycles. The van der Waals surface area contributed by atoms with Crippen molar-refractivity contribution in [1.29, 1.82) is 0 Å². The van der Waals surface area contributed by atoms with Crippen LogP contribution in [0.4, 0.5) is 0 Å². The van der Waals surface area contributed by atoms with E-state index in [1.54, 1.807) is 0 Å². The molecule has 0 aromatic heterocycles. The van der Waals surface area contributed by atoms with Gasteiger partial charge in [0.1, 0.15) is 33.7 Å². The number of benzene rings is 3. The van der Waals surface area contributed by atoms with E-state index in [0.717, 1.165) is 39.1 Å². The summed E-state index contributed by atoms with van der Waals surface area (Å²) in [5, 5.41) is 9.08. The van der Waals surface area contributed by atoms with Crippen molar-refractivity contribution in [3.63, 3.8) is 0 Å². The Hall–Kier alpha value is -3.60. The third-order valence-electron chi connectivity index (χ3n) is 6.34. The molecule has 0 saturated heterocycles. The van der Waals surface area contributed by atoms with Gasteiger partial charge in [-0.1, -0.05) is 24.3 Å². The minimum Gasteiger partial charge on any atom is -0.494 e. The number of aliphatic carboxylic acids is 1. The summed E-state index contributed by atoms with van der Waals surface area (Å²) in [6, 6.07) is 17.7. The van der Waals surface area contributed by atoms with E-state index in [2.05, 4.69) is 12.1 Å². The molecule has 3 aromatic carbocycles. The third-order valence-corrected chi connectivity index (χ3v) is 7.37. The molecule has 9 nitrogen and oxygen atoms in total. The van der Waals surface area contributed by atoms with Crippen LogP contribution in [0.15, 0.2) is 54.6 Å². The molecular weight excluding hydrogens is 524 g/mol. The zero-order chi connectivity index (χ0) is 26.6. The highest BCUT2D eigenvalue weighted by atomic mass is 32.2. The van der Waals surface area contributed by atoms with Gasteiger partial charge in [0, 0.05) is 23.8 Å². The van der Waals surface area contributed by atoms with Crippen LogP contribution in [0.25, 0.3) is 11.1 Å². The Bertz CT molecular complexity index is 1380. The van der Waals surface area contributed by atoms with E-state index < -0.39 is 15.8 Å². The van der Waals surface area contributed by atoms with E-state index >= 15 is 0 Å². The fourth-order valence-corrected chi connectivity index (χ4v) is 5.33. The van der Waals surface area contributed by atoms with Gasteiger partial charge < -0.3 is 30.3 Å². The van der Waals surface area contributed by atoms with Crippen LogP contribution in [0.1, 0.15) is 41.0 Å². The molecule has 0 unspecified atom stereocenters. The normalized spacial score (nSPS) is 13.9. The van der Waals surface area contributed by atoms with Crippen LogP contribution in [-0.4, -0.2) is 55.7 Å². The van der Waals surface area contributed by atoms with Crippen LogP contribution in [0.2, 0.25) is 0 Å². The first-order valence-corrected chi connectivity index (χ1v) is 14.3. The molecule has 0 saturated carbocycles. The Labute approximate surface area is 228 Å². The van der Waals surface area contributed by atoms with Crippen molar-refractivity contribution in [1.82, 2.24) is 0 Å². The summed E-state index contributed by atoms with van der Waals surface area (Å²) < 4.78 is 40.1. The zero-order valence-corrected chi connectivity index (χ0v) is 23.1. The Balaban J connectivity index is 0.00000267. The number of hydrogen-bond donors (Lipinski definition) is 1. The fourth-order valence-electron chi connectivity index (χ4n) is 4.68. The fraction of sp³-hybridized carbons (Fsp3) is 0.345. The summed E-state index contributed by atoms with van der Waals surface area (Å²) in [5.74, 6) is 1.23. The van der Waals surface area contributed by atoms with Gasteiger partial charge in [0.05, 0.1) is 25.4 Å². The first-order valence-electron chi connectivity index (χ1n) is 12.2. The van der Waals surface area contributed by atoms with Gasteiger partial charge in [-0.3, -0.25) is 4.79 Å². The lowest BCUT2D eigenvalue weighted by molar-refractivity contribution is -0.137. The number of fused-ring (bicyclic) bond motifs is 1. The molecule has 1 aliphatic rings. The summed E-state index contributed by atoms with van der Waals surface area (Å²) >= 11 is 0. The molecule has 0 spiro atoms. The smallest absolute Gasteiger partial charge is 0.304 e. The second-order valence-corrected chi connectivity index (χ2v) is 11.8. The number of hydrogen-bond acceptors (Lipinski definition) is 6. The van der Waals surface area contributed by atoms with E-state index in [0.29, 0.717) is 37.7 Å². The summed E-state index contributed by atoms with van der Waals surface area (Å²) in [6.07, 6.45) is 1.74. The van der Waals surface area contributed by atoms with Gasteiger partial charge in [0.2, 0.25) is 0 Å². The summed E-state index contributed by atoms with van der Waals surface area (Å²) in [5.41, 5.74) is 6.27. The summed E-state index contributed by atoms with van der Waals surface area (Å²) in [4.78, 5) is 11.1. The molecule has 1 heterocycles. The molecule has 0 aliphatic carbocycles. The molecule has 39 heavy (non-hydrogen) atoms. The number of rotatable bonds is 11.